The van der Waals surface area contributed by atoms with Crippen molar-refractivity contribution < 1.29 is 9.53 Å². The third kappa shape index (κ3) is 5.31. The molecule has 0 unspecified atom stereocenters. The van der Waals surface area contributed by atoms with E-state index in [1.54, 1.807) is 0 Å². The van der Waals surface area contributed by atoms with Crippen LogP contribution in [0.1, 0.15) is 43.2 Å². The molecular formula is C22H27N3O3. The first-order chi connectivity index (χ1) is 13.5. The summed E-state index contributed by atoms with van der Waals surface area (Å²) in [4.78, 5) is 24.2. The largest absolute Gasteiger partial charge is 0.467 e. The molecule has 6 heteroatoms. The van der Waals surface area contributed by atoms with Crippen molar-refractivity contribution in [3.05, 3.63) is 63.5 Å². The summed E-state index contributed by atoms with van der Waals surface area (Å²) in [6, 6.07) is 8.57. The molecule has 0 spiro atoms. The van der Waals surface area contributed by atoms with E-state index >= 15 is 0 Å². The molecule has 1 heterocycles. The number of hydrogen-bond donors (Lipinski definition) is 1. The van der Waals surface area contributed by atoms with Crippen LogP contribution in [0.25, 0.3) is 5.69 Å². The molecule has 0 saturated carbocycles. The van der Waals surface area contributed by atoms with Crippen LogP contribution < -0.4 is 15.6 Å². The number of nitrogens with zero attached hydrogens (tertiary/aromatic N) is 2. The minimum Gasteiger partial charge on any atom is -0.467 e. The number of carbonyl (C=O) groups is 1. The van der Waals surface area contributed by atoms with E-state index in [1.807, 2.05) is 32.0 Å². The highest BCUT2D eigenvalue weighted by Gasteiger charge is 2.09. The van der Waals surface area contributed by atoms with Gasteiger partial charge in [0.2, 0.25) is 5.88 Å². The van der Waals surface area contributed by atoms with Gasteiger partial charge in [0.25, 0.3) is 11.5 Å². The van der Waals surface area contributed by atoms with Gasteiger partial charge in [-0.15, -0.1) is 5.10 Å². The monoisotopic (exact) mass is 381 g/mol. The van der Waals surface area contributed by atoms with Gasteiger partial charge in [-0.25, -0.2) is 0 Å². The molecule has 1 aliphatic rings. The number of benzene rings is 1. The van der Waals surface area contributed by atoms with Gasteiger partial charge in [-0.1, -0.05) is 17.7 Å². The number of nitrogens with one attached hydrogen (secondary N) is 1. The van der Waals surface area contributed by atoms with E-state index < -0.39 is 0 Å². The fourth-order valence-electron chi connectivity index (χ4n) is 3.20. The molecule has 0 fully saturated rings. The SMILES string of the molecule is Cc1ccc(-n2nc(OCC(=O)NCCC3=CCCCC3)ccc2=O)cc1C. The first kappa shape index (κ1) is 19.9. The van der Waals surface area contributed by atoms with Crippen LogP contribution in [-0.4, -0.2) is 28.8 Å². The van der Waals surface area contributed by atoms with Crippen LogP contribution >= 0.6 is 0 Å². The number of amides is 1. The molecular weight excluding hydrogens is 354 g/mol. The highest BCUT2D eigenvalue weighted by Crippen LogP contribution is 2.19. The van der Waals surface area contributed by atoms with Crippen molar-refractivity contribution in [1.29, 1.82) is 0 Å². The number of allylic oxidation sites excluding steroid dienone is 1. The summed E-state index contributed by atoms with van der Waals surface area (Å²) in [5.41, 5.74) is 4.06. The molecule has 28 heavy (non-hydrogen) atoms. The van der Waals surface area contributed by atoms with Crippen LogP contribution in [0.3, 0.4) is 0 Å². The van der Waals surface area contributed by atoms with Crippen molar-refractivity contribution in [3.63, 3.8) is 0 Å². The third-order valence-electron chi connectivity index (χ3n) is 5.02. The van der Waals surface area contributed by atoms with Crippen LogP contribution in [0, 0.1) is 13.8 Å². The van der Waals surface area contributed by atoms with Gasteiger partial charge in [0.05, 0.1) is 5.69 Å². The maximum Gasteiger partial charge on any atom is 0.271 e. The molecule has 0 bridgehead atoms. The van der Waals surface area contributed by atoms with Crippen molar-refractivity contribution in [2.45, 2.75) is 46.0 Å². The topological polar surface area (TPSA) is 73.2 Å². The molecule has 0 atom stereocenters. The standard InChI is InChI=1S/C22H27N3O3/c1-16-8-9-19(14-17(16)2)25-22(27)11-10-21(24-25)28-15-20(26)23-13-12-18-6-4-3-5-7-18/h6,8-11,14H,3-5,7,12-13,15H2,1-2H3,(H,23,26). The Morgan fingerprint density at radius 2 is 2.04 bits per heavy atom. The molecule has 0 aliphatic heterocycles. The summed E-state index contributed by atoms with van der Waals surface area (Å²) >= 11 is 0. The second-order valence-corrected chi connectivity index (χ2v) is 7.19. The number of aromatic nitrogens is 2. The van der Waals surface area contributed by atoms with Crippen LogP contribution in [0.15, 0.2) is 46.8 Å². The molecule has 148 valence electrons. The maximum absolute atomic E-state index is 12.2. The molecule has 1 aliphatic carbocycles. The minimum absolute atomic E-state index is 0.128. The summed E-state index contributed by atoms with van der Waals surface area (Å²) < 4.78 is 6.77. The lowest BCUT2D eigenvalue weighted by atomic mass is 9.97. The number of aryl methyl sites for hydroxylation is 2. The van der Waals surface area contributed by atoms with Crippen molar-refractivity contribution in [1.82, 2.24) is 15.1 Å². The van der Waals surface area contributed by atoms with Gasteiger partial charge < -0.3 is 10.1 Å². The highest BCUT2D eigenvalue weighted by molar-refractivity contribution is 5.77. The summed E-state index contributed by atoms with van der Waals surface area (Å²) in [5, 5.41) is 7.10. The van der Waals surface area contributed by atoms with Gasteiger partial charge in [0.15, 0.2) is 6.61 Å². The van der Waals surface area contributed by atoms with Crippen molar-refractivity contribution >= 4 is 5.91 Å². The van der Waals surface area contributed by atoms with E-state index in [1.165, 1.54) is 35.2 Å². The Kier molecular flexibility index (Phi) is 6.63. The zero-order chi connectivity index (χ0) is 19.9. The first-order valence-electron chi connectivity index (χ1n) is 9.78. The van der Waals surface area contributed by atoms with E-state index in [0.29, 0.717) is 12.2 Å². The van der Waals surface area contributed by atoms with Gasteiger partial charge in [-0.05, 0) is 69.2 Å². The Morgan fingerprint density at radius 1 is 1.18 bits per heavy atom. The lowest BCUT2D eigenvalue weighted by molar-refractivity contribution is -0.123. The Balaban J connectivity index is 1.55. The number of rotatable bonds is 7. The normalized spacial score (nSPS) is 13.7. The number of carbonyl (C=O) groups excluding carboxylic acids is 1. The first-order valence-corrected chi connectivity index (χ1v) is 9.78. The van der Waals surface area contributed by atoms with E-state index in [4.69, 9.17) is 4.74 Å². The molecule has 1 aromatic heterocycles. The predicted octanol–water partition coefficient (Wildman–Crippen LogP) is 3.23. The minimum atomic E-state index is -0.249. The summed E-state index contributed by atoms with van der Waals surface area (Å²) in [6.45, 7) is 4.48. The Bertz CT molecular complexity index is 931. The molecule has 0 saturated heterocycles. The van der Waals surface area contributed by atoms with Gasteiger partial charge in [0, 0.05) is 18.7 Å². The highest BCUT2D eigenvalue weighted by atomic mass is 16.5. The van der Waals surface area contributed by atoms with Gasteiger partial charge >= 0.3 is 0 Å². The smallest absolute Gasteiger partial charge is 0.271 e. The van der Waals surface area contributed by atoms with Crippen molar-refractivity contribution in [2.24, 2.45) is 0 Å². The second-order valence-electron chi connectivity index (χ2n) is 7.19. The fourth-order valence-corrected chi connectivity index (χ4v) is 3.20. The average molecular weight is 381 g/mol. The van der Waals surface area contributed by atoms with E-state index in [0.717, 1.165) is 30.4 Å². The van der Waals surface area contributed by atoms with Crippen LogP contribution in [-0.2, 0) is 4.79 Å². The number of hydrogen-bond acceptors (Lipinski definition) is 4. The predicted molar refractivity (Wildman–Crippen MR) is 109 cm³/mol. The van der Waals surface area contributed by atoms with Crippen LogP contribution in [0.5, 0.6) is 5.88 Å². The van der Waals surface area contributed by atoms with Crippen molar-refractivity contribution in [3.8, 4) is 11.6 Å². The van der Waals surface area contributed by atoms with Gasteiger partial charge in [0.1, 0.15) is 0 Å². The Morgan fingerprint density at radius 3 is 2.79 bits per heavy atom. The maximum atomic E-state index is 12.2. The van der Waals surface area contributed by atoms with Gasteiger partial charge in [-0.3, -0.25) is 9.59 Å². The Labute approximate surface area is 165 Å². The summed E-state index contributed by atoms with van der Waals surface area (Å²) in [7, 11) is 0. The summed E-state index contributed by atoms with van der Waals surface area (Å²) in [5.74, 6) is 0.0464. The molecule has 6 nitrogen and oxygen atoms in total. The molecule has 2 aromatic rings. The fraction of sp³-hybridized carbons (Fsp3) is 0.409. The van der Waals surface area contributed by atoms with Crippen LogP contribution in [0.2, 0.25) is 0 Å². The van der Waals surface area contributed by atoms with E-state index in [2.05, 4.69) is 16.5 Å². The summed E-state index contributed by atoms with van der Waals surface area (Å²) in [6.07, 6.45) is 7.96. The number of ether oxygens (including phenoxy) is 1. The van der Waals surface area contributed by atoms with Gasteiger partial charge in [-0.2, -0.15) is 4.68 Å². The quantitative estimate of drug-likeness (QED) is 0.748. The molecule has 1 aromatic carbocycles. The third-order valence-corrected chi connectivity index (χ3v) is 5.02. The molecule has 0 radical (unpaired) electrons. The van der Waals surface area contributed by atoms with E-state index in [9.17, 15) is 9.59 Å². The zero-order valence-electron chi connectivity index (χ0n) is 16.5. The average Bonchev–Trinajstić information content (AvgIpc) is 2.70. The van der Waals surface area contributed by atoms with Crippen molar-refractivity contribution in [2.75, 3.05) is 13.2 Å². The zero-order valence-corrected chi connectivity index (χ0v) is 16.5. The van der Waals surface area contributed by atoms with E-state index in [-0.39, 0.29) is 24.0 Å². The molecule has 1 amide bonds. The lowest BCUT2D eigenvalue weighted by Gasteiger charge is -2.13. The second kappa shape index (κ2) is 9.35. The van der Waals surface area contributed by atoms with Crippen LogP contribution in [0.4, 0.5) is 0 Å². The molecule has 3 rings (SSSR count). The lowest BCUT2D eigenvalue weighted by Crippen LogP contribution is -2.30. The Hall–Kier alpha value is -2.89. The molecule has 1 N–H and O–H groups in total.